The average Bonchev–Trinajstić information content (AvgIpc) is 3.06. The molecular formula is C39H39N3O2. The molecule has 222 valence electrons. The summed E-state index contributed by atoms with van der Waals surface area (Å²) in [6.07, 6.45) is 0.775. The van der Waals surface area contributed by atoms with Crippen LogP contribution in [-0.2, 0) is 6.42 Å². The van der Waals surface area contributed by atoms with Crippen molar-refractivity contribution in [3.05, 3.63) is 137 Å². The Balaban J connectivity index is 1.55. The summed E-state index contributed by atoms with van der Waals surface area (Å²) in [6.45, 7) is 10.2. The van der Waals surface area contributed by atoms with E-state index in [1.54, 1.807) is 0 Å². The van der Waals surface area contributed by atoms with Crippen LogP contribution in [0.5, 0.6) is 11.5 Å². The summed E-state index contributed by atoms with van der Waals surface area (Å²) in [5.74, 6) is 1.41. The molecule has 1 unspecified atom stereocenters. The van der Waals surface area contributed by atoms with Gasteiger partial charge in [-0.2, -0.15) is 0 Å². The zero-order chi connectivity index (χ0) is 30.6. The number of ether oxygens (including phenoxy) is 1. The van der Waals surface area contributed by atoms with Gasteiger partial charge in [-0.25, -0.2) is 0 Å². The first-order valence-electron chi connectivity index (χ1n) is 15.5. The van der Waals surface area contributed by atoms with Crippen molar-refractivity contribution in [3.8, 4) is 22.6 Å². The molecule has 0 saturated carbocycles. The highest BCUT2D eigenvalue weighted by atomic mass is 16.5. The number of fused-ring (bicyclic) bond motifs is 2. The topological polar surface area (TPSA) is 53.6 Å². The van der Waals surface area contributed by atoms with Crippen LogP contribution in [0, 0.1) is 6.92 Å². The third-order valence-electron chi connectivity index (χ3n) is 8.49. The Labute approximate surface area is 260 Å². The Morgan fingerprint density at radius 2 is 1.48 bits per heavy atom. The van der Waals surface area contributed by atoms with E-state index >= 15 is 0 Å². The van der Waals surface area contributed by atoms with Gasteiger partial charge in [0, 0.05) is 52.9 Å². The number of hydrogen-bond acceptors (Lipinski definition) is 4. The number of aryl methyl sites for hydroxylation is 2. The maximum Gasteiger partial charge on any atom is 0.252 e. The van der Waals surface area contributed by atoms with Crippen LogP contribution in [0.15, 0.2) is 109 Å². The molecule has 5 aromatic rings. The van der Waals surface area contributed by atoms with Crippen LogP contribution in [0.2, 0.25) is 0 Å². The summed E-state index contributed by atoms with van der Waals surface area (Å²) < 4.78 is 6.76. The van der Waals surface area contributed by atoms with Crippen molar-refractivity contribution >= 4 is 23.0 Å². The van der Waals surface area contributed by atoms with Crippen LogP contribution in [-0.4, -0.2) is 19.0 Å². The van der Waals surface area contributed by atoms with Crippen LogP contribution >= 0.6 is 0 Å². The van der Waals surface area contributed by atoms with Gasteiger partial charge >= 0.3 is 0 Å². The summed E-state index contributed by atoms with van der Waals surface area (Å²) in [5, 5.41) is 7.04. The minimum absolute atomic E-state index is 0.101. The van der Waals surface area contributed by atoms with E-state index in [9.17, 15) is 4.79 Å². The van der Waals surface area contributed by atoms with Gasteiger partial charge < -0.3 is 20.3 Å². The standard InChI is InChI=1S/C39H39N3O2/c1-5-27-16-14-15-21-31(27)39(43)41-38-33-25-34(40-29-19-12-9-13-20-29)26(4)22-35(33)44-36-24-30(42(6-2)7-3)23-32(37(36)38)28-17-10-8-11-18-28/h8-25,38,40H,5-7H2,1-4H3,(H,41,43). The SMILES string of the molecule is CCc1ccccc1C(=O)NC1c2cc(Nc3ccccc3)c(C)cc2Oc2cc(N(CC)CC)cc(-c3ccccc3)c21. The van der Waals surface area contributed by atoms with E-state index in [1.807, 2.05) is 60.7 Å². The lowest BCUT2D eigenvalue weighted by molar-refractivity contribution is 0.0940. The minimum atomic E-state index is -0.441. The van der Waals surface area contributed by atoms with Gasteiger partial charge in [0.05, 0.1) is 6.04 Å². The van der Waals surface area contributed by atoms with Gasteiger partial charge in [0.25, 0.3) is 5.91 Å². The predicted octanol–water partition coefficient (Wildman–Crippen LogP) is 9.44. The normalized spacial score (nSPS) is 13.3. The molecule has 1 atom stereocenters. The number of amides is 1. The number of carbonyl (C=O) groups excluding carboxylic acids is 1. The van der Waals surface area contributed by atoms with Gasteiger partial charge in [0.15, 0.2) is 0 Å². The van der Waals surface area contributed by atoms with E-state index in [0.717, 1.165) is 81.5 Å². The van der Waals surface area contributed by atoms with Gasteiger partial charge in [-0.05, 0) is 85.8 Å². The van der Waals surface area contributed by atoms with Gasteiger partial charge in [-0.1, -0.05) is 73.7 Å². The Bertz CT molecular complexity index is 1780. The molecule has 0 saturated heterocycles. The van der Waals surface area contributed by atoms with Crippen molar-refractivity contribution in [2.75, 3.05) is 23.3 Å². The Morgan fingerprint density at radius 1 is 0.795 bits per heavy atom. The number of nitrogens with zero attached hydrogens (tertiary/aromatic N) is 1. The van der Waals surface area contributed by atoms with Gasteiger partial charge in [-0.3, -0.25) is 4.79 Å². The molecule has 1 aliphatic rings. The molecule has 1 heterocycles. The van der Waals surface area contributed by atoms with E-state index in [-0.39, 0.29) is 5.91 Å². The Hall–Kier alpha value is -5.03. The fraction of sp³-hybridized carbons (Fsp3) is 0.205. The molecule has 0 spiro atoms. The summed E-state index contributed by atoms with van der Waals surface area (Å²) in [4.78, 5) is 16.4. The van der Waals surface area contributed by atoms with E-state index in [0.29, 0.717) is 5.56 Å². The lowest BCUT2D eigenvalue weighted by atomic mass is 9.86. The van der Waals surface area contributed by atoms with Gasteiger partial charge in [0.1, 0.15) is 11.5 Å². The van der Waals surface area contributed by atoms with Crippen LogP contribution in [0.4, 0.5) is 17.1 Å². The van der Waals surface area contributed by atoms with Crippen molar-refractivity contribution in [1.82, 2.24) is 5.32 Å². The quantitative estimate of drug-likeness (QED) is 0.182. The maximum absolute atomic E-state index is 14.1. The fourth-order valence-corrected chi connectivity index (χ4v) is 6.13. The summed E-state index contributed by atoms with van der Waals surface area (Å²) in [7, 11) is 0. The number of hydrogen-bond donors (Lipinski definition) is 2. The van der Waals surface area contributed by atoms with Crippen molar-refractivity contribution in [3.63, 3.8) is 0 Å². The highest BCUT2D eigenvalue weighted by Crippen LogP contribution is 2.50. The molecule has 6 rings (SSSR count). The molecule has 1 aliphatic heterocycles. The molecule has 0 fully saturated rings. The maximum atomic E-state index is 14.1. The number of nitrogens with one attached hydrogen (secondary N) is 2. The molecule has 1 amide bonds. The molecule has 44 heavy (non-hydrogen) atoms. The molecule has 5 heteroatoms. The summed E-state index contributed by atoms with van der Waals surface area (Å²) in [5.41, 5.74) is 9.82. The first kappa shape index (κ1) is 29.1. The highest BCUT2D eigenvalue weighted by molar-refractivity contribution is 5.97. The second-order valence-corrected chi connectivity index (χ2v) is 11.2. The number of rotatable bonds is 9. The van der Waals surface area contributed by atoms with E-state index in [4.69, 9.17) is 4.74 Å². The van der Waals surface area contributed by atoms with Gasteiger partial charge in [0.2, 0.25) is 0 Å². The Morgan fingerprint density at radius 3 is 2.18 bits per heavy atom. The van der Waals surface area contributed by atoms with Crippen LogP contribution in [0.3, 0.4) is 0 Å². The van der Waals surface area contributed by atoms with Crippen molar-refractivity contribution in [2.45, 2.75) is 40.2 Å². The third-order valence-corrected chi connectivity index (χ3v) is 8.49. The summed E-state index contributed by atoms with van der Waals surface area (Å²) in [6, 6.07) is 36.5. The average molecular weight is 582 g/mol. The second kappa shape index (κ2) is 12.7. The lowest BCUT2D eigenvalue weighted by Crippen LogP contribution is -2.32. The Kier molecular flexibility index (Phi) is 8.38. The summed E-state index contributed by atoms with van der Waals surface area (Å²) >= 11 is 0. The number of carbonyl (C=O) groups is 1. The van der Waals surface area contributed by atoms with Gasteiger partial charge in [-0.15, -0.1) is 0 Å². The zero-order valence-electron chi connectivity index (χ0n) is 25.9. The zero-order valence-corrected chi connectivity index (χ0v) is 25.9. The van der Waals surface area contributed by atoms with Crippen LogP contribution in [0.25, 0.3) is 11.1 Å². The first-order chi connectivity index (χ1) is 21.5. The second-order valence-electron chi connectivity index (χ2n) is 11.2. The molecule has 0 aliphatic carbocycles. The molecule has 0 aromatic heterocycles. The van der Waals surface area contributed by atoms with E-state index in [1.165, 1.54) is 0 Å². The molecule has 5 nitrogen and oxygen atoms in total. The molecule has 0 radical (unpaired) electrons. The van der Waals surface area contributed by atoms with Crippen molar-refractivity contribution in [1.29, 1.82) is 0 Å². The van der Waals surface area contributed by atoms with E-state index < -0.39 is 6.04 Å². The molecule has 5 aromatic carbocycles. The number of benzene rings is 5. The highest BCUT2D eigenvalue weighted by Gasteiger charge is 2.34. The largest absolute Gasteiger partial charge is 0.456 e. The van der Waals surface area contributed by atoms with Crippen molar-refractivity contribution in [2.24, 2.45) is 0 Å². The first-order valence-corrected chi connectivity index (χ1v) is 15.5. The van der Waals surface area contributed by atoms with Crippen LogP contribution in [0.1, 0.15) is 59.4 Å². The third kappa shape index (κ3) is 5.66. The number of anilines is 3. The minimum Gasteiger partial charge on any atom is -0.456 e. The monoisotopic (exact) mass is 581 g/mol. The smallest absolute Gasteiger partial charge is 0.252 e. The predicted molar refractivity (Wildman–Crippen MR) is 182 cm³/mol. The molecular weight excluding hydrogens is 542 g/mol. The molecule has 0 bridgehead atoms. The fourth-order valence-electron chi connectivity index (χ4n) is 6.13. The number of para-hydroxylation sites is 1. The van der Waals surface area contributed by atoms with Crippen LogP contribution < -0.4 is 20.3 Å². The van der Waals surface area contributed by atoms with Crippen molar-refractivity contribution < 1.29 is 9.53 Å². The molecule has 2 N–H and O–H groups in total. The lowest BCUT2D eigenvalue weighted by Gasteiger charge is -2.34. The van der Waals surface area contributed by atoms with E-state index in [2.05, 4.69) is 91.8 Å².